The fourth-order valence-electron chi connectivity index (χ4n) is 1.34. The van der Waals surface area contributed by atoms with Crippen LogP contribution in [0.1, 0.15) is 0 Å². The molecule has 0 saturated heterocycles. The lowest BCUT2D eigenvalue weighted by atomic mass is 10.0. The maximum Gasteiger partial charge on any atom is 0.142 e. The number of phenols is 1. The molecular weight excluding hydrogens is 198 g/mol. The van der Waals surface area contributed by atoms with Gasteiger partial charge in [-0.3, -0.25) is 0 Å². The van der Waals surface area contributed by atoms with Crippen LogP contribution in [0.15, 0.2) is 36.4 Å². The Morgan fingerprint density at radius 3 is 2.53 bits per heavy atom. The Balaban J connectivity index is 2.54. The molecule has 0 fully saturated rings. The van der Waals surface area contributed by atoms with E-state index in [9.17, 15) is 13.9 Å². The second-order valence-electron chi connectivity index (χ2n) is 3.08. The average Bonchev–Trinajstić information content (AvgIpc) is 2.17. The van der Waals surface area contributed by atoms with E-state index in [4.69, 9.17) is 0 Å². The Kier molecular flexibility index (Phi) is 2.37. The van der Waals surface area contributed by atoms with Crippen molar-refractivity contribution >= 4 is 0 Å². The summed E-state index contributed by atoms with van der Waals surface area (Å²) in [5.41, 5.74) is 0.705. The number of benzene rings is 2. The van der Waals surface area contributed by atoms with E-state index in [0.717, 1.165) is 6.07 Å². The molecule has 0 heterocycles. The van der Waals surface area contributed by atoms with E-state index in [2.05, 4.69) is 0 Å². The van der Waals surface area contributed by atoms with Crippen LogP contribution >= 0.6 is 0 Å². The number of hydrogen-bond donors (Lipinski definition) is 1. The van der Waals surface area contributed by atoms with Crippen molar-refractivity contribution in [3.63, 3.8) is 0 Å². The zero-order chi connectivity index (χ0) is 10.8. The number of aromatic hydroxyl groups is 1. The third-order valence-corrected chi connectivity index (χ3v) is 2.02. The van der Waals surface area contributed by atoms with Gasteiger partial charge in [0.15, 0.2) is 0 Å². The van der Waals surface area contributed by atoms with Gasteiger partial charge in [-0.25, -0.2) is 8.78 Å². The Morgan fingerprint density at radius 1 is 1.07 bits per heavy atom. The summed E-state index contributed by atoms with van der Waals surface area (Å²) < 4.78 is 25.9. The molecule has 15 heavy (non-hydrogen) atoms. The molecule has 1 nitrogen and oxygen atoms in total. The van der Waals surface area contributed by atoms with Gasteiger partial charge in [-0.1, -0.05) is 12.1 Å². The van der Waals surface area contributed by atoms with Gasteiger partial charge in [0.25, 0.3) is 0 Å². The van der Waals surface area contributed by atoms with Crippen molar-refractivity contribution in [1.29, 1.82) is 0 Å². The molecule has 0 aliphatic heterocycles. The predicted octanol–water partition coefficient (Wildman–Crippen LogP) is 3.14. The van der Waals surface area contributed by atoms with Crippen LogP contribution in [-0.2, 0) is 0 Å². The van der Waals surface area contributed by atoms with Crippen LogP contribution in [0.25, 0.3) is 11.1 Å². The standard InChI is InChI=1S/C12H7F2O/c13-9-4-5-11(12(14)7-9)8-2-1-3-10(15)6-8/h1-6,15H. The van der Waals surface area contributed by atoms with Gasteiger partial charge in [-0.15, -0.1) is 0 Å². The van der Waals surface area contributed by atoms with E-state index in [0.29, 0.717) is 5.56 Å². The molecule has 0 aromatic heterocycles. The first-order valence-electron chi connectivity index (χ1n) is 4.33. The SMILES string of the molecule is Oc1cccc(-c2ccc(F)[c]c2F)c1. The van der Waals surface area contributed by atoms with Crippen LogP contribution in [0, 0.1) is 17.7 Å². The molecule has 75 valence electrons. The van der Waals surface area contributed by atoms with Gasteiger partial charge >= 0.3 is 0 Å². The summed E-state index contributed by atoms with van der Waals surface area (Å²) in [5, 5.41) is 9.21. The highest BCUT2D eigenvalue weighted by atomic mass is 19.1. The highest BCUT2D eigenvalue weighted by molar-refractivity contribution is 5.65. The summed E-state index contributed by atoms with van der Waals surface area (Å²) in [6, 6.07) is 10.5. The molecule has 0 aliphatic rings. The maximum atomic E-state index is 13.3. The van der Waals surface area contributed by atoms with Crippen LogP contribution in [0.4, 0.5) is 8.78 Å². The van der Waals surface area contributed by atoms with Crippen LogP contribution in [0.2, 0.25) is 0 Å². The molecule has 2 aromatic rings. The molecule has 2 aromatic carbocycles. The molecule has 2 rings (SSSR count). The Labute approximate surface area is 85.6 Å². The van der Waals surface area contributed by atoms with Crippen LogP contribution in [0.5, 0.6) is 5.75 Å². The molecule has 0 bridgehead atoms. The minimum Gasteiger partial charge on any atom is -0.508 e. The van der Waals surface area contributed by atoms with Crippen molar-refractivity contribution in [1.82, 2.24) is 0 Å². The first kappa shape index (κ1) is 9.65. The van der Waals surface area contributed by atoms with Crippen molar-refractivity contribution in [3.05, 3.63) is 54.1 Å². The predicted molar refractivity (Wildman–Crippen MR) is 52.3 cm³/mol. The van der Waals surface area contributed by atoms with Gasteiger partial charge in [-0.05, 0) is 29.8 Å². The largest absolute Gasteiger partial charge is 0.508 e. The fourth-order valence-corrected chi connectivity index (χ4v) is 1.34. The molecule has 0 atom stereocenters. The molecule has 0 spiro atoms. The first-order chi connectivity index (χ1) is 7.16. The maximum absolute atomic E-state index is 13.3. The van der Waals surface area contributed by atoms with E-state index in [1.807, 2.05) is 6.07 Å². The first-order valence-corrected chi connectivity index (χ1v) is 4.33. The van der Waals surface area contributed by atoms with Crippen LogP contribution < -0.4 is 0 Å². The van der Waals surface area contributed by atoms with E-state index in [1.165, 1.54) is 18.2 Å². The third-order valence-electron chi connectivity index (χ3n) is 2.02. The number of hydrogen-bond acceptors (Lipinski definition) is 1. The quantitative estimate of drug-likeness (QED) is 0.758. The Morgan fingerprint density at radius 2 is 1.87 bits per heavy atom. The molecule has 0 unspecified atom stereocenters. The summed E-state index contributed by atoms with van der Waals surface area (Å²) >= 11 is 0. The fraction of sp³-hybridized carbons (Fsp3) is 0. The summed E-state index contributed by atoms with van der Waals surface area (Å²) in [4.78, 5) is 0. The second kappa shape index (κ2) is 3.69. The second-order valence-corrected chi connectivity index (χ2v) is 3.08. The molecule has 0 amide bonds. The zero-order valence-electron chi connectivity index (χ0n) is 7.67. The minimum atomic E-state index is -0.763. The minimum absolute atomic E-state index is 0.0382. The van der Waals surface area contributed by atoms with Crippen molar-refractivity contribution in [2.75, 3.05) is 0 Å². The smallest absolute Gasteiger partial charge is 0.142 e. The lowest BCUT2D eigenvalue weighted by Crippen LogP contribution is -1.86. The van der Waals surface area contributed by atoms with Gasteiger partial charge in [0, 0.05) is 5.56 Å². The Hall–Kier alpha value is -1.90. The molecule has 3 heteroatoms. The molecular formula is C12H7F2O. The molecule has 0 aliphatic carbocycles. The monoisotopic (exact) mass is 205 g/mol. The van der Waals surface area contributed by atoms with E-state index < -0.39 is 11.6 Å². The normalized spacial score (nSPS) is 10.3. The lowest BCUT2D eigenvalue weighted by Gasteiger charge is -2.03. The van der Waals surface area contributed by atoms with Crippen molar-refractivity contribution in [2.24, 2.45) is 0 Å². The van der Waals surface area contributed by atoms with Crippen LogP contribution in [-0.4, -0.2) is 5.11 Å². The van der Waals surface area contributed by atoms with E-state index >= 15 is 0 Å². The van der Waals surface area contributed by atoms with Crippen molar-refractivity contribution in [3.8, 4) is 16.9 Å². The van der Waals surface area contributed by atoms with Crippen molar-refractivity contribution < 1.29 is 13.9 Å². The van der Waals surface area contributed by atoms with Crippen molar-refractivity contribution in [2.45, 2.75) is 0 Å². The van der Waals surface area contributed by atoms with E-state index in [-0.39, 0.29) is 11.3 Å². The molecule has 1 N–H and O–H groups in total. The molecule has 1 radical (unpaired) electrons. The number of rotatable bonds is 1. The highest BCUT2D eigenvalue weighted by Gasteiger charge is 2.06. The molecule has 0 saturated carbocycles. The number of halogens is 2. The van der Waals surface area contributed by atoms with Gasteiger partial charge < -0.3 is 5.11 Å². The van der Waals surface area contributed by atoms with Gasteiger partial charge in [0.2, 0.25) is 0 Å². The lowest BCUT2D eigenvalue weighted by molar-refractivity contribution is 0.475. The van der Waals surface area contributed by atoms with Crippen LogP contribution in [0.3, 0.4) is 0 Å². The van der Waals surface area contributed by atoms with Gasteiger partial charge in [0.1, 0.15) is 17.4 Å². The number of phenolic OH excluding ortho intramolecular Hbond substituents is 1. The van der Waals surface area contributed by atoms with Gasteiger partial charge in [-0.2, -0.15) is 0 Å². The summed E-state index contributed by atoms with van der Waals surface area (Å²) in [7, 11) is 0. The van der Waals surface area contributed by atoms with Gasteiger partial charge in [0.05, 0.1) is 6.07 Å². The zero-order valence-corrected chi connectivity index (χ0v) is 7.67. The average molecular weight is 205 g/mol. The Bertz CT molecular complexity index is 495. The third kappa shape index (κ3) is 1.96. The summed E-state index contributed by atoms with van der Waals surface area (Å²) in [5.74, 6) is -1.46. The van der Waals surface area contributed by atoms with E-state index in [1.54, 1.807) is 12.1 Å². The topological polar surface area (TPSA) is 20.2 Å². The highest BCUT2D eigenvalue weighted by Crippen LogP contribution is 2.25. The summed E-state index contributed by atoms with van der Waals surface area (Å²) in [6.45, 7) is 0. The summed E-state index contributed by atoms with van der Waals surface area (Å²) in [6.07, 6.45) is 0.